The molecule has 0 saturated heterocycles. The van der Waals surface area contributed by atoms with E-state index in [0.29, 0.717) is 0 Å². The molecule has 0 aromatic rings. The second kappa shape index (κ2) is 10.9. The number of amides is 1. The van der Waals surface area contributed by atoms with Gasteiger partial charge in [-0.05, 0) is 13.0 Å². The zero-order chi connectivity index (χ0) is 18.7. The van der Waals surface area contributed by atoms with E-state index in [0.717, 1.165) is 6.08 Å². The molecule has 0 atom stereocenters. The number of hydrogen-bond acceptors (Lipinski definition) is 7. The van der Waals surface area contributed by atoms with Gasteiger partial charge in [0, 0.05) is 12.1 Å². The van der Waals surface area contributed by atoms with Crippen LogP contribution in [0.4, 0.5) is 0 Å². The zero-order valence-corrected chi connectivity index (χ0v) is 14.0. The van der Waals surface area contributed by atoms with Crippen molar-refractivity contribution in [2.24, 2.45) is 0 Å². The molecular formula is C11H19NO9S2. The number of nitrogens with one attached hydrogen (secondary N) is 1. The first-order valence-corrected chi connectivity index (χ1v) is 9.13. The first-order chi connectivity index (χ1) is 10.3. The molecule has 10 nitrogen and oxygen atoms in total. The lowest BCUT2D eigenvalue weighted by Crippen LogP contribution is -2.27. The van der Waals surface area contributed by atoms with Crippen LogP contribution in [0.1, 0.15) is 6.92 Å². The van der Waals surface area contributed by atoms with Crippen LogP contribution >= 0.6 is 0 Å². The molecule has 1 amide bonds. The Morgan fingerprint density at radius 2 is 1.61 bits per heavy atom. The Kier molecular flexibility index (Phi) is 11.1. The molecule has 0 rings (SSSR count). The summed E-state index contributed by atoms with van der Waals surface area (Å²) in [4.78, 5) is 21.0. The van der Waals surface area contributed by atoms with Crippen LogP contribution in [0, 0.1) is 0 Å². The molecule has 134 valence electrons. The van der Waals surface area contributed by atoms with Crippen LogP contribution in [0.2, 0.25) is 0 Å². The Balaban J connectivity index is 0. The lowest BCUT2D eigenvalue weighted by atomic mass is 10.4. The Labute approximate surface area is 134 Å². The number of rotatable bonds is 8. The highest BCUT2D eigenvalue weighted by Crippen LogP contribution is 1.92. The van der Waals surface area contributed by atoms with E-state index < -0.39 is 43.6 Å². The molecule has 3 N–H and O–H groups in total. The predicted molar refractivity (Wildman–Crippen MR) is 81.8 cm³/mol. The highest BCUT2D eigenvalue weighted by molar-refractivity contribution is 7.86. The molecule has 0 fully saturated rings. The Morgan fingerprint density at radius 3 is 1.96 bits per heavy atom. The van der Waals surface area contributed by atoms with Crippen LogP contribution in [0.25, 0.3) is 0 Å². The number of ether oxygens (including phenoxy) is 1. The van der Waals surface area contributed by atoms with Crippen LogP contribution in [0.5, 0.6) is 0 Å². The van der Waals surface area contributed by atoms with E-state index in [1.165, 1.54) is 6.92 Å². The van der Waals surface area contributed by atoms with Crippen LogP contribution in [-0.4, -0.2) is 62.5 Å². The second-order valence-electron chi connectivity index (χ2n) is 3.98. The normalized spacial score (nSPS) is 10.7. The average molecular weight is 373 g/mol. The summed E-state index contributed by atoms with van der Waals surface area (Å²) in [5.74, 6) is -2.20. The van der Waals surface area contributed by atoms with Gasteiger partial charge in [0.15, 0.2) is 0 Å². The third-order valence-corrected chi connectivity index (χ3v) is 3.17. The number of esters is 1. The number of carbonyl (C=O) groups excluding carboxylic acids is 2. The van der Waals surface area contributed by atoms with E-state index in [1.807, 2.05) is 0 Å². The first kappa shape index (κ1) is 23.5. The van der Waals surface area contributed by atoms with Crippen molar-refractivity contribution in [3.63, 3.8) is 0 Å². The third-order valence-electron chi connectivity index (χ3n) is 1.77. The van der Waals surface area contributed by atoms with Gasteiger partial charge < -0.3 is 10.1 Å². The molecule has 12 heteroatoms. The van der Waals surface area contributed by atoms with Gasteiger partial charge in [0.1, 0.15) is 12.4 Å². The van der Waals surface area contributed by atoms with Crippen molar-refractivity contribution in [1.29, 1.82) is 0 Å². The largest absolute Gasteiger partial charge is 0.461 e. The average Bonchev–Trinajstić information content (AvgIpc) is 2.36. The van der Waals surface area contributed by atoms with E-state index >= 15 is 0 Å². The minimum atomic E-state index is -4.05. The van der Waals surface area contributed by atoms with Crippen LogP contribution < -0.4 is 5.32 Å². The molecule has 0 heterocycles. The van der Waals surface area contributed by atoms with Crippen LogP contribution in [-0.2, 0) is 34.6 Å². The van der Waals surface area contributed by atoms with Crippen molar-refractivity contribution < 1.29 is 40.3 Å². The molecule has 0 saturated carbocycles. The van der Waals surface area contributed by atoms with Gasteiger partial charge in [-0.15, -0.1) is 0 Å². The lowest BCUT2D eigenvalue weighted by Gasteiger charge is -2.01. The standard InChI is InChI=1S/C6H10O5S.C5H9NO4S/c1-5(2)6(7)11-3-4-12(8,9)10;1-2-5(7)6-3-4-11(8,9)10/h1,3-4H2,2H3,(H,8,9,10);2H,1,3-4H2,(H,6,7)(H,8,9,10). The van der Waals surface area contributed by atoms with Gasteiger partial charge in [-0.25, -0.2) is 4.79 Å². The van der Waals surface area contributed by atoms with Crippen molar-refractivity contribution >= 4 is 32.1 Å². The molecule has 0 aliphatic heterocycles. The zero-order valence-electron chi connectivity index (χ0n) is 12.4. The summed E-state index contributed by atoms with van der Waals surface area (Å²) in [5.41, 5.74) is 0.185. The van der Waals surface area contributed by atoms with E-state index in [9.17, 15) is 26.4 Å². The van der Waals surface area contributed by atoms with Crippen LogP contribution in [0.15, 0.2) is 24.8 Å². The molecule has 0 bridgehead atoms. The topological polar surface area (TPSA) is 164 Å². The summed E-state index contributed by atoms with van der Waals surface area (Å²) in [6, 6.07) is 0. The molecule has 0 unspecified atom stereocenters. The van der Waals surface area contributed by atoms with Crippen molar-refractivity contribution in [1.82, 2.24) is 5.32 Å². The predicted octanol–water partition coefficient (Wildman–Crippen LogP) is -0.830. The first-order valence-electron chi connectivity index (χ1n) is 5.91. The van der Waals surface area contributed by atoms with Gasteiger partial charge in [-0.2, -0.15) is 16.8 Å². The minimum Gasteiger partial charge on any atom is -0.461 e. The summed E-state index contributed by atoms with van der Waals surface area (Å²) in [6.07, 6.45) is 1.02. The Bertz CT molecular complexity index is 634. The molecule has 0 aromatic carbocycles. The molecule has 0 aromatic heterocycles. The van der Waals surface area contributed by atoms with Crippen molar-refractivity contribution in [3.8, 4) is 0 Å². The van der Waals surface area contributed by atoms with E-state index in [1.54, 1.807) is 0 Å². The quantitative estimate of drug-likeness (QED) is 0.280. The Hall–Kier alpha value is -1.76. The van der Waals surface area contributed by atoms with Gasteiger partial charge >= 0.3 is 5.97 Å². The number of hydrogen-bond donors (Lipinski definition) is 3. The smallest absolute Gasteiger partial charge is 0.333 e. The Morgan fingerprint density at radius 1 is 1.13 bits per heavy atom. The fraction of sp³-hybridized carbons (Fsp3) is 0.455. The van der Waals surface area contributed by atoms with Gasteiger partial charge in [-0.3, -0.25) is 13.9 Å². The molecule has 0 radical (unpaired) electrons. The van der Waals surface area contributed by atoms with E-state index in [-0.39, 0.29) is 18.7 Å². The monoisotopic (exact) mass is 373 g/mol. The maximum absolute atomic E-state index is 10.6. The molecule has 0 aliphatic rings. The van der Waals surface area contributed by atoms with Crippen molar-refractivity contribution in [3.05, 3.63) is 24.8 Å². The minimum absolute atomic E-state index is 0.107. The summed E-state index contributed by atoms with van der Waals surface area (Å²) in [7, 11) is -8.03. The maximum atomic E-state index is 10.6. The maximum Gasteiger partial charge on any atom is 0.333 e. The fourth-order valence-electron chi connectivity index (χ4n) is 0.738. The molecular weight excluding hydrogens is 354 g/mol. The van der Waals surface area contributed by atoms with Crippen molar-refractivity contribution in [2.75, 3.05) is 24.7 Å². The molecule has 0 spiro atoms. The van der Waals surface area contributed by atoms with Gasteiger partial charge in [-0.1, -0.05) is 13.2 Å². The molecule has 23 heavy (non-hydrogen) atoms. The van der Waals surface area contributed by atoms with Gasteiger partial charge in [0.2, 0.25) is 5.91 Å². The fourth-order valence-corrected chi connectivity index (χ4v) is 1.39. The SMILES string of the molecule is C=C(C)C(=O)OCCS(=O)(=O)O.C=CC(=O)NCCS(=O)(=O)O. The summed E-state index contributed by atoms with van der Waals surface area (Å²) >= 11 is 0. The molecule has 0 aliphatic carbocycles. The summed E-state index contributed by atoms with van der Waals surface area (Å²) in [6.45, 7) is 7.41. The highest BCUT2D eigenvalue weighted by atomic mass is 32.2. The van der Waals surface area contributed by atoms with E-state index in [4.69, 9.17) is 9.11 Å². The third kappa shape index (κ3) is 20.2. The van der Waals surface area contributed by atoms with Gasteiger partial charge in [0.25, 0.3) is 20.2 Å². The van der Waals surface area contributed by atoms with Gasteiger partial charge in [0.05, 0.1) is 5.75 Å². The highest BCUT2D eigenvalue weighted by Gasteiger charge is 2.07. The van der Waals surface area contributed by atoms with Crippen LogP contribution in [0.3, 0.4) is 0 Å². The van der Waals surface area contributed by atoms with E-state index in [2.05, 4.69) is 23.2 Å². The summed E-state index contributed by atoms with van der Waals surface area (Å²) < 4.78 is 61.2. The lowest BCUT2D eigenvalue weighted by molar-refractivity contribution is -0.138. The van der Waals surface area contributed by atoms with Crippen molar-refractivity contribution in [2.45, 2.75) is 6.92 Å². The summed E-state index contributed by atoms with van der Waals surface area (Å²) in [5, 5.41) is 2.19. The second-order valence-corrected chi connectivity index (χ2v) is 7.13. The number of carbonyl (C=O) groups is 2.